The largest absolute Gasteiger partial charge is 0.469 e. The Kier molecular flexibility index (Phi) is 9.84. The summed E-state index contributed by atoms with van der Waals surface area (Å²) in [6.07, 6.45) is 4.52. The Morgan fingerprint density at radius 3 is 2.64 bits per heavy atom. The van der Waals surface area contributed by atoms with E-state index in [0.29, 0.717) is 29.2 Å². The molecule has 0 fully saturated rings. The van der Waals surface area contributed by atoms with Crippen LogP contribution in [0.1, 0.15) is 41.6 Å². The highest BCUT2D eigenvalue weighted by Crippen LogP contribution is 2.07. The van der Waals surface area contributed by atoms with Gasteiger partial charge in [0.15, 0.2) is 5.11 Å². The highest BCUT2D eigenvalue weighted by atomic mass is 32.1. The third kappa shape index (κ3) is 8.25. The number of carbonyl (C=O) groups excluding carboxylic acids is 2. The number of carbonyl (C=O) groups is 2. The van der Waals surface area contributed by atoms with Gasteiger partial charge in [0.05, 0.1) is 26.0 Å². The average molecular weight is 365 g/mol. The minimum atomic E-state index is -0.422. The molecule has 0 heterocycles. The van der Waals surface area contributed by atoms with Crippen LogP contribution < -0.4 is 10.7 Å². The molecule has 1 aromatic carbocycles. The van der Waals surface area contributed by atoms with Crippen molar-refractivity contribution in [2.24, 2.45) is 5.10 Å². The van der Waals surface area contributed by atoms with Gasteiger partial charge in [-0.25, -0.2) is 4.79 Å². The maximum absolute atomic E-state index is 11.6. The van der Waals surface area contributed by atoms with E-state index in [4.69, 9.17) is 17.0 Å². The normalized spacial score (nSPS) is 10.3. The van der Waals surface area contributed by atoms with Crippen LogP contribution in [0, 0.1) is 0 Å². The molecule has 0 aliphatic heterocycles. The summed E-state index contributed by atoms with van der Waals surface area (Å²) in [5, 5.41) is 7.43. The topological polar surface area (TPSA) is 89.0 Å². The van der Waals surface area contributed by atoms with Crippen molar-refractivity contribution in [1.29, 1.82) is 0 Å². The third-order valence-electron chi connectivity index (χ3n) is 3.31. The monoisotopic (exact) mass is 365 g/mol. The molecule has 0 atom stereocenters. The van der Waals surface area contributed by atoms with Crippen LogP contribution in [0.25, 0.3) is 0 Å². The second kappa shape index (κ2) is 12.0. The summed E-state index contributed by atoms with van der Waals surface area (Å²) in [4.78, 5) is 22.6. The first-order valence-corrected chi connectivity index (χ1v) is 8.30. The van der Waals surface area contributed by atoms with Gasteiger partial charge in [-0.05, 0) is 31.1 Å². The van der Waals surface area contributed by atoms with Gasteiger partial charge in [-0.3, -0.25) is 10.2 Å². The van der Waals surface area contributed by atoms with Gasteiger partial charge < -0.3 is 14.8 Å². The molecule has 0 bridgehead atoms. The number of thiocarbonyl (C=S) groups is 1. The lowest BCUT2D eigenvalue weighted by molar-refractivity contribution is -0.140. The van der Waals surface area contributed by atoms with E-state index in [-0.39, 0.29) is 5.97 Å². The van der Waals surface area contributed by atoms with Crippen LogP contribution in [0.3, 0.4) is 0 Å². The first-order chi connectivity index (χ1) is 12.1. The van der Waals surface area contributed by atoms with Gasteiger partial charge in [-0.1, -0.05) is 24.6 Å². The van der Waals surface area contributed by atoms with E-state index < -0.39 is 5.97 Å². The number of hydrogen-bond acceptors (Lipinski definition) is 6. The fourth-order valence-electron chi connectivity index (χ4n) is 1.98. The van der Waals surface area contributed by atoms with E-state index in [1.807, 2.05) is 0 Å². The predicted molar refractivity (Wildman–Crippen MR) is 99.6 cm³/mol. The molecular formula is C17H23N3O4S. The molecule has 0 unspecified atom stereocenters. The first kappa shape index (κ1) is 20.6. The molecule has 0 radical (unpaired) electrons. The van der Waals surface area contributed by atoms with Crippen LogP contribution in [-0.4, -0.2) is 44.0 Å². The summed E-state index contributed by atoms with van der Waals surface area (Å²) >= 11 is 5.11. The van der Waals surface area contributed by atoms with E-state index >= 15 is 0 Å². The minimum Gasteiger partial charge on any atom is -0.469 e. The van der Waals surface area contributed by atoms with Crippen LogP contribution in [0.5, 0.6) is 0 Å². The van der Waals surface area contributed by atoms with Crippen LogP contribution in [-0.2, 0) is 14.3 Å². The third-order valence-corrected chi connectivity index (χ3v) is 3.54. The molecule has 25 heavy (non-hydrogen) atoms. The maximum atomic E-state index is 11.6. The Morgan fingerprint density at radius 2 is 1.92 bits per heavy atom. The van der Waals surface area contributed by atoms with Gasteiger partial charge in [0.25, 0.3) is 0 Å². The van der Waals surface area contributed by atoms with Gasteiger partial charge >= 0.3 is 11.9 Å². The van der Waals surface area contributed by atoms with E-state index in [0.717, 1.165) is 19.3 Å². The molecule has 0 saturated heterocycles. The zero-order chi connectivity index (χ0) is 18.5. The number of rotatable bonds is 9. The second-order valence-corrected chi connectivity index (χ2v) is 5.50. The first-order valence-electron chi connectivity index (χ1n) is 7.89. The molecule has 0 aliphatic carbocycles. The highest BCUT2D eigenvalue weighted by molar-refractivity contribution is 7.80. The molecule has 1 aromatic rings. The average Bonchev–Trinajstić information content (AvgIpc) is 2.64. The summed E-state index contributed by atoms with van der Waals surface area (Å²) in [5.74, 6) is -0.610. The van der Waals surface area contributed by atoms with Crippen LogP contribution in [0.15, 0.2) is 29.4 Å². The van der Waals surface area contributed by atoms with Crippen molar-refractivity contribution in [2.45, 2.75) is 25.7 Å². The Hall–Kier alpha value is -2.48. The molecule has 0 aliphatic rings. The molecule has 0 saturated carbocycles. The van der Waals surface area contributed by atoms with Crippen molar-refractivity contribution in [1.82, 2.24) is 10.7 Å². The second-order valence-electron chi connectivity index (χ2n) is 5.09. The van der Waals surface area contributed by atoms with Gasteiger partial charge in [0.1, 0.15) is 0 Å². The molecule has 2 N–H and O–H groups in total. The van der Waals surface area contributed by atoms with Crippen molar-refractivity contribution < 1.29 is 19.1 Å². The van der Waals surface area contributed by atoms with Crippen molar-refractivity contribution >= 4 is 35.5 Å². The molecule has 0 amide bonds. The van der Waals surface area contributed by atoms with Crippen LogP contribution in [0.4, 0.5) is 0 Å². The summed E-state index contributed by atoms with van der Waals surface area (Å²) in [6.45, 7) is 0.682. The SMILES string of the molecule is COC(=O)CCCCCNC(=S)N/N=C\c1ccccc1C(=O)OC. The van der Waals surface area contributed by atoms with Crippen LogP contribution in [0.2, 0.25) is 0 Å². The summed E-state index contributed by atoms with van der Waals surface area (Å²) < 4.78 is 9.30. The van der Waals surface area contributed by atoms with E-state index in [2.05, 4.69) is 20.6 Å². The van der Waals surface area contributed by atoms with Gasteiger partial charge in [-0.15, -0.1) is 0 Å². The maximum Gasteiger partial charge on any atom is 0.338 e. The fraction of sp³-hybridized carbons (Fsp3) is 0.412. The van der Waals surface area contributed by atoms with E-state index in [9.17, 15) is 9.59 Å². The van der Waals surface area contributed by atoms with Gasteiger partial charge in [-0.2, -0.15) is 5.10 Å². The highest BCUT2D eigenvalue weighted by Gasteiger charge is 2.08. The molecular weight excluding hydrogens is 342 g/mol. The van der Waals surface area contributed by atoms with Crippen molar-refractivity contribution in [2.75, 3.05) is 20.8 Å². The van der Waals surface area contributed by atoms with E-state index in [1.165, 1.54) is 20.4 Å². The number of nitrogens with one attached hydrogen (secondary N) is 2. The summed E-state index contributed by atoms with van der Waals surface area (Å²) in [6, 6.07) is 6.98. The number of methoxy groups -OCH3 is 2. The fourth-order valence-corrected chi connectivity index (χ4v) is 2.14. The van der Waals surface area contributed by atoms with Gasteiger partial charge in [0.2, 0.25) is 0 Å². The Morgan fingerprint density at radius 1 is 1.16 bits per heavy atom. The summed E-state index contributed by atoms with van der Waals surface area (Å²) in [5.41, 5.74) is 3.76. The van der Waals surface area contributed by atoms with Crippen LogP contribution >= 0.6 is 12.2 Å². The molecule has 7 nitrogen and oxygen atoms in total. The zero-order valence-corrected chi connectivity index (χ0v) is 15.2. The lowest BCUT2D eigenvalue weighted by atomic mass is 10.1. The number of hydrogen-bond donors (Lipinski definition) is 2. The number of ether oxygens (including phenoxy) is 2. The van der Waals surface area contributed by atoms with Gasteiger partial charge in [0, 0.05) is 18.5 Å². The Labute approximate surface area is 152 Å². The Balaban J connectivity index is 2.29. The Bertz CT molecular complexity index is 620. The number of hydrazone groups is 1. The van der Waals surface area contributed by atoms with E-state index in [1.54, 1.807) is 24.3 Å². The lowest BCUT2D eigenvalue weighted by Gasteiger charge is -2.07. The smallest absolute Gasteiger partial charge is 0.338 e. The van der Waals surface area contributed by atoms with Crippen molar-refractivity contribution in [3.05, 3.63) is 35.4 Å². The van der Waals surface area contributed by atoms with Crippen molar-refractivity contribution in [3.63, 3.8) is 0 Å². The number of nitrogens with zero attached hydrogens (tertiary/aromatic N) is 1. The van der Waals surface area contributed by atoms with Crippen molar-refractivity contribution in [3.8, 4) is 0 Å². The number of benzene rings is 1. The summed E-state index contributed by atoms with van der Waals surface area (Å²) in [7, 11) is 2.72. The quantitative estimate of drug-likeness (QED) is 0.227. The minimum absolute atomic E-state index is 0.188. The lowest BCUT2D eigenvalue weighted by Crippen LogP contribution is -2.32. The molecule has 136 valence electrons. The molecule has 0 spiro atoms. The predicted octanol–water partition coefficient (Wildman–Crippen LogP) is 2.00. The standard InChI is InChI=1S/C17H23N3O4S/c1-23-15(21)10-4-3-7-11-18-17(25)20-19-12-13-8-5-6-9-14(13)16(22)24-2/h5-6,8-9,12H,3-4,7,10-11H2,1-2H3,(H2,18,20,25)/b19-12-. The molecule has 8 heteroatoms. The number of esters is 2. The molecule has 1 rings (SSSR count). The zero-order valence-electron chi connectivity index (χ0n) is 14.4. The number of unbranched alkanes of at least 4 members (excludes halogenated alkanes) is 2. The molecule has 0 aromatic heterocycles.